The summed E-state index contributed by atoms with van der Waals surface area (Å²) in [6.07, 6.45) is 2.32. The summed E-state index contributed by atoms with van der Waals surface area (Å²) in [5, 5.41) is 9.09. The van der Waals surface area contributed by atoms with E-state index in [1.165, 1.54) is 6.26 Å². The van der Waals surface area contributed by atoms with E-state index >= 15 is 0 Å². The number of methoxy groups -OCH3 is 1. The summed E-state index contributed by atoms with van der Waals surface area (Å²) in [6, 6.07) is 3.31. The lowest BCUT2D eigenvalue weighted by Gasteiger charge is -2.11. The molecule has 1 aromatic heterocycles. The molecule has 0 atom stereocenters. The van der Waals surface area contributed by atoms with Crippen molar-refractivity contribution >= 4 is 35.8 Å². The molecule has 9 heteroatoms. The first-order chi connectivity index (χ1) is 11.8. The van der Waals surface area contributed by atoms with Gasteiger partial charge in [0, 0.05) is 39.9 Å². The molecule has 0 aromatic carbocycles. The Kier molecular flexibility index (Phi) is 15.3. The molecule has 0 radical (unpaired) electrons. The van der Waals surface area contributed by atoms with E-state index in [2.05, 4.69) is 20.9 Å². The summed E-state index contributed by atoms with van der Waals surface area (Å²) >= 11 is 0. The Balaban J connectivity index is 0.00000576. The molecule has 0 saturated heterocycles. The number of rotatable bonds is 12. The zero-order chi connectivity index (χ0) is 17.5. The smallest absolute Gasteiger partial charge is 0.287 e. The molecule has 0 bridgehead atoms. The number of ether oxygens (including phenoxy) is 2. The molecule has 144 valence electrons. The molecule has 1 heterocycles. The Hall–Kier alpha value is -1.33. The Morgan fingerprint density at radius 2 is 2.00 bits per heavy atom. The highest BCUT2D eigenvalue weighted by atomic mass is 127. The molecule has 0 aliphatic rings. The molecule has 1 rings (SSSR count). The van der Waals surface area contributed by atoms with Crippen molar-refractivity contribution < 1.29 is 18.7 Å². The van der Waals surface area contributed by atoms with Gasteiger partial charge in [-0.05, 0) is 25.5 Å². The normalized spacial score (nSPS) is 10.9. The van der Waals surface area contributed by atoms with Crippen LogP contribution < -0.4 is 16.0 Å². The van der Waals surface area contributed by atoms with Gasteiger partial charge in [0.1, 0.15) is 0 Å². The maximum absolute atomic E-state index is 11.7. The summed E-state index contributed by atoms with van der Waals surface area (Å²) < 4.78 is 15.3. The number of aliphatic imine (C=N–C) groups is 1. The van der Waals surface area contributed by atoms with Crippen molar-refractivity contribution in [2.45, 2.75) is 13.3 Å². The van der Waals surface area contributed by atoms with Crippen molar-refractivity contribution in [2.24, 2.45) is 4.99 Å². The molecule has 0 fully saturated rings. The van der Waals surface area contributed by atoms with Gasteiger partial charge < -0.3 is 29.8 Å². The molecule has 0 aliphatic heterocycles. The maximum atomic E-state index is 11.7. The quantitative estimate of drug-likeness (QED) is 0.185. The number of carbonyl (C=O) groups excluding carboxylic acids is 1. The number of amides is 1. The molecule has 1 aromatic rings. The number of hydrogen-bond donors (Lipinski definition) is 3. The van der Waals surface area contributed by atoms with Crippen molar-refractivity contribution in [1.29, 1.82) is 0 Å². The molecule has 25 heavy (non-hydrogen) atoms. The van der Waals surface area contributed by atoms with E-state index in [9.17, 15) is 4.79 Å². The van der Waals surface area contributed by atoms with Crippen molar-refractivity contribution in [3.8, 4) is 0 Å². The average Bonchev–Trinajstić information content (AvgIpc) is 3.12. The summed E-state index contributed by atoms with van der Waals surface area (Å²) in [7, 11) is 1.65. The molecule has 0 unspecified atom stereocenters. The lowest BCUT2D eigenvalue weighted by Crippen LogP contribution is -2.41. The number of halogens is 1. The Labute approximate surface area is 166 Å². The zero-order valence-electron chi connectivity index (χ0n) is 14.9. The molecular formula is C16H29IN4O4. The first kappa shape index (κ1) is 23.7. The van der Waals surface area contributed by atoms with Crippen molar-refractivity contribution in [3.05, 3.63) is 24.2 Å². The monoisotopic (exact) mass is 468 g/mol. The van der Waals surface area contributed by atoms with Crippen molar-refractivity contribution in [2.75, 3.05) is 53.1 Å². The number of nitrogens with zero attached hydrogens (tertiary/aromatic N) is 1. The molecule has 0 spiro atoms. The van der Waals surface area contributed by atoms with E-state index in [0.717, 1.165) is 18.9 Å². The number of guanidine groups is 1. The van der Waals surface area contributed by atoms with Gasteiger partial charge in [-0.3, -0.25) is 9.79 Å². The van der Waals surface area contributed by atoms with Crippen LogP contribution >= 0.6 is 24.0 Å². The van der Waals surface area contributed by atoms with Crippen LogP contribution in [-0.4, -0.2) is 65.0 Å². The highest BCUT2D eigenvalue weighted by Crippen LogP contribution is 1.98. The molecule has 0 aliphatic carbocycles. The molecule has 1 amide bonds. The molecular weight excluding hydrogens is 439 g/mol. The fourth-order valence-electron chi connectivity index (χ4n) is 1.80. The van der Waals surface area contributed by atoms with E-state index in [4.69, 9.17) is 13.9 Å². The Bertz CT molecular complexity index is 469. The van der Waals surface area contributed by atoms with Crippen molar-refractivity contribution in [1.82, 2.24) is 16.0 Å². The second kappa shape index (κ2) is 16.2. The average molecular weight is 468 g/mol. The number of furan rings is 1. The number of hydrogen-bond acceptors (Lipinski definition) is 5. The second-order valence-corrected chi connectivity index (χ2v) is 4.88. The summed E-state index contributed by atoms with van der Waals surface area (Å²) in [6.45, 7) is 6.36. The van der Waals surface area contributed by atoms with Crippen LogP contribution in [0, 0.1) is 0 Å². The van der Waals surface area contributed by atoms with Gasteiger partial charge >= 0.3 is 0 Å². The number of nitrogens with one attached hydrogen (secondary N) is 3. The Morgan fingerprint density at radius 1 is 1.20 bits per heavy atom. The zero-order valence-corrected chi connectivity index (χ0v) is 17.2. The molecule has 0 saturated carbocycles. The fraction of sp³-hybridized carbons (Fsp3) is 0.625. The fourth-order valence-corrected chi connectivity index (χ4v) is 1.80. The third kappa shape index (κ3) is 11.8. The lowest BCUT2D eigenvalue weighted by atomic mass is 10.4. The van der Waals surface area contributed by atoms with Gasteiger partial charge in [-0.25, -0.2) is 0 Å². The first-order valence-electron chi connectivity index (χ1n) is 8.18. The number of carbonyl (C=O) groups is 1. The largest absolute Gasteiger partial charge is 0.459 e. The highest BCUT2D eigenvalue weighted by molar-refractivity contribution is 14.0. The van der Waals surface area contributed by atoms with Crippen LogP contribution in [0.4, 0.5) is 0 Å². The standard InChI is InChI=1S/C16H28N4O4.HI/c1-3-17-16(19-7-5-10-23-13-12-22-2)20-9-8-18-15(21)14-6-4-11-24-14;/h4,6,11H,3,5,7-10,12-13H2,1-2H3,(H,18,21)(H2,17,19,20);1H. The second-order valence-electron chi connectivity index (χ2n) is 4.88. The van der Waals surface area contributed by atoms with Gasteiger partial charge in [0.2, 0.25) is 0 Å². The minimum atomic E-state index is -0.225. The molecule has 3 N–H and O–H groups in total. The van der Waals surface area contributed by atoms with Gasteiger partial charge in [-0.15, -0.1) is 24.0 Å². The van der Waals surface area contributed by atoms with Crippen molar-refractivity contribution in [3.63, 3.8) is 0 Å². The highest BCUT2D eigenvalue weighted by Gasteiger charge is 2.06. The van der Waals surface area contributed by atoms with E-state index in [1.807, 2.05) is 6.92 Å². The Morgan fingerprint density at radius 3 is 2.68 bits per heavy atom. The lowest BCUT2D eigenvalue weighted by molar-refractivity contribution is 0.0702. The summed E-state index contributed by atoms with van der Waals surface area (Å²) in [5.74, 6) is 0.808. The summed E-state index contributed by atoms with van der Waals surface area (Å²) in [4.78, 5) is 16.1. The summed E-state index contributed by atoms with van der Waals surface area (Å²) in [5.41, 5.74) is 0. The van der Waals surface area contributed by atoms with E-state index < -0.39 is 0 Å². The molecule has 8 nitrogen and oxygen atoms in total. The van der Waals surface area contributed by atoms with Crippen LogP contribution in [0.3, 0.4) is 0 Å². The minimum absolute atomic E-state index is 0. The van der Waals surface area contributed by atoms with E-state index in [1.54, 1.807) is 19.2 Å². The third-order valence-corrected chi connectivity index (χ3v) is 2.94. The van der Waals surface area contributed by atoms with E-state index in [0.29, 0.717) is 45.2 Å². The predicted molar refractivity (Wildman–Crippen MR) is 108 cm³/mol. The van der Waals surface area contributed by atoms with E-state index in [-0.39, 0.29) is 29.9 Å². The first-order valence-corrected chi connectivity index (χ1v) is 8.18. The van der Waals surface area contributed by atoms with Gasteiger partial charge in [0.15, 0.2) is 11.7 Å². The van der Waals surface area contributed by atoms with Gasteiger partial charge in [0.05, 0.1) is 19.5 Å². The van der Waals surface area contributed by atoms with Crippen LogP contribution in [0.5, 0.6) is 0 Å². The topological polar surface area (TPSA) is 97.1 Å². The van der Waals surface area contributed by atoms with Crippen LogP contribution in [0.25, 0.3) is 0 Å². The van der Waals surface area contributed by atoms with Gasteiger partial charge in [-0.2, -0.15) is 0 Å². The SMILES string of the molecule is CCNC(=NCCCOCCOC)NCCNC(=O)c1ccco1.I. The predicted octanol–water partition coefficient (Wildman–Crippen LogP) is 1.24. The maximum Gasteiger partial charge on any atom is 0.287 e. The van der Waals surface area contributed by atoms with Crippen LogP contribution in [0.2, 0.25) is 0 Å². The van der Waals surface area contributed by atoms with Crippen LogP contribution in [0.15, 0.2) is 27.8 Å². The van der Waals surface area contributed by atoms with Crippen LogP contribution in [-0.2, 0) is 9.47 Å². The van der Waals surface area contributed by atoms with Crippen LogP contribution in [0.1, 0.15) is 23.9 Å². The van der Waals surface area contributed by atoms with Gasteiger partial charge in [0.25, 0.3) is 5.91 Å². The minimum Gasteiger partial charge on any atom is -0.459 e. The van der Waals surface area contributed by atoms with Gasteiger partial charge in [-0.1, -0.05) is 0 Å². The third-order valence-electron chi connectivity index (χ3n) is 2.94.